The molecule has 1 atom stereocenters. The maximum atomic E-state index is 5.49. The van der Waals surface area contributed by atoms with Gasteiger partial charge in [-0.2, -0.15) is 0 Å². The summed E-state index contributed by atoms with van der Waals surface area (Å²) in [6.07, 6.45) is 0.640. The Labute approximate surface area is 109 Å². The third-order valence-electron chi connectivity index (χ3n) is 2.04. The van der Waals surface area contributed by atoms with Gasteiger partial charge in [0.25, 0.3) is 0 Å². The van der Waals surface area contributed by atoms with Crippen LogP contribution in [0.2, 0.25) is 0 Å². The second-order valence-electron chi connectivity index (χ2n) is 3.39. The highest BCUT2D eigenvalue weighted by atomic mass is 32.1. The summed E-state index contributed by atoms with van der Waals surface area (Å²) in [6, 6.07) is 0. The van der Waals surface area contributed by atoms with E-state index < -0.39 is 0 Å². The van der Waals surface area contributed by atoms with Gasteiger partial charge < -0.3 is 24.7 Å². The second kappa shape index (κ2) is 12.2. The first-order chi connectivity index (χ1) is 8.22. The fourth-order valence-electron chi connectivity index (χ4n) is 1.11. The molecule has 0 bridgehead atoms. The highest BCUT2D eigenvalue weighted by Crippen LogP contribution is 1.97. The summed E-state index contributed by atoms with van der Waals surface area (Å²) in [5.41, 5.74) is 5.49. The van der Waals surface area contributed by atoms with E-state index in [1.165, 1.54) is 0 Å². The zero-order valence-electron chi connectivity index (χ0n) is 10.6. The lowest BCUT2D eigenvalue weighted by atomic mass is 10.3. The van der Waals surface area contributed by atoms with Crippen molar-refractivity contribution in [2.24, 2.45) is 5.73 Å². The molecular weight excluding hydrogens is 242 g/mol. The first-order valence-electron chi connectivity index (χ1n) is 5.77. The Balaban J connectivity index is 3.20. The van der Waals surface area contributed by atoms with E-state index in [0.717, 1.165) is 6.42 Å². The minimum absolute atomic E-state index is 0.147. The van der Waals surface area contributed by atoms with Crippen LogP contribution < -0.4 is 5.73 Å². The fourth-order valence-corrected chi connectivity index (χ4v) is 1.35. The standard InChI is InChI=1S/C11H23NO4S/c1-3-10(11(12)17)16-9-8-15-7-6-14-5-4-13-2/h10H,3-9H2,1-2H3,(H2,12,17). The molecule has 0 aromatic carbocycles. The number of hydrogen-bond acceptors (Lipinski definition) is 5. The van der Waals surface area contributed by atoms with Crippen molar-refractivity contribution in [3.05, 3.63) is 0 Å². The van der Waals surface area contributed by atoms with Crippen molar-refractivity contribution in [3.63, 3.8) is 0 Å². The molecule has 0 aliphatic carbocycles. The van der Waals surface area contributed by atoms with Gasteiger partial charge in [-0.1, -0.05) is 19.1 Å². The van der Waals surface area contributed by atoms with Crippen LogP contribution in [-0.2, 0) is 18.9 Å². The number of methoxy groups -OCH3 is 1. The third kappa shape index (κ3) is 10.6. The monoisotopic (exact) mass is 265 g/mol. The van der Waals surface area contributed by atoms with Gasteiger partial charge in [-0.3, -0.25) is 0 Å². The number of nitrogens with two attached hydrogens (primary N) is 1. The van der Waals surface area contributed by atoms with Crippen LogP contribution in [0.1, 0.15) is 13.3 Å². The lowest BCUT2D eigenvalue weighted by Crippen LogP contribution is -2.30. The molecule has 0 saturated carbocycles. The lowest BCUT2D eigenvalue weighted by molar-refractivity contribution is -0.00356. The van der Waals surface area contributed by atoms with Crippen molar-refractivity contribution in [2.45, 2.75) is 19.4 Å². The predicted molar refractivity (Wildman–Crippen MR) is 70.3 cm³/mol. The molecule has 1 unspecified atom stereocenters. The maximum absolute atomic E-state index is 5.49. The van der Waals surface area contributed by atoms with E-state index in [4.69, 9.17) is 36.9 Å². The van der Waals surface area contributed by atoms with Gasteiger partial charge >= 0.3 is 0 Å². The van der Waals surface area contributed by atoms with E-state index in [-0.39, 0.29) is 6.10 Å². The van der Waals surface area contributed by atoms with Crippen LogP contribution in [-0.4, -0.2) is 57.8 Å². The summed E-state index contributed by atoms with van der Waals surface area (Å²) in [7, 11) is 1.64. The Morgan fingerprint density at radius 3 is 2.06 bits per heavy atom. The van der Waals surface area contributed by atoms with E-state index in [0.29, 0.717) is 44.6 Å². The Hall–Kier alpha value is -0.270. The first-order valence-corrected chi connectivity index (χ1v) is 6.18. The van der Waals surface area contributed by atoms with Crippen LogP contribution in [0.4, 0.5) is 0 Å². The average Bonchev–Trinajstić information content (AvgIpc) is 2.31. The largest absolute Gasteiger partial charge is 0.391 e. The van der Waals surface area contributed by atoms with E-state index in [1.54, 1.807) is 7.11 Å². The number of thiocarbonyl (C=S) groups is 1. The maximum Gasteiger partial charge on any atom is 0.107 e. The Kier molecular flexibility index (Phi) is 12.0. The molecule has 0 saturated heterocycles. The molecule has 2 N–H and O–H groups in total. The molecule has 0 aliphatic rings. The lowest BCUT2D eigenvalue weighted by Gasteiger charge is -2.14. The van der Waals surface area contributed by atoms with E-state index in [1.807, 2.05) is 6.92 Å². The van der Waals surface area contributed by atoms with Gasteiger partial charge in [0.05, 0.1) is 39.6 Å². The van der Waals surface area contributed by atoms with Gasteiger partial charge in [-0.15, -0.1) is 0 Å². The molecule has 102 valence electrons. The van der Waals surface area contributed by atoms with E-state index in [2.05, 4.69) is 0 Å². The smallest absolute Gasteiger partial charge is 0.107 e. The predicted octanol–water partition coefficient (Wildman–Crippen LogP) is 0.747. The number of ether oxygens (including phenoxy) is 4. The molecule has 0 aliphatic heterocycles. The highest BCUT2D eigenvalue weighted by Gasteiger charge is 2.08. The number of rotatable bonds is 12. The van der Waals surface area contributed by atoms with E-state index in [9.17, 15) is 0 Å². The summed E-state index contributed by atoms with van der Waals surface area (Å²) in [5, 5.41) is 0. The topological polar surface area (TPSA) is 62.9 Å². The molecule has 0 aromatic heterocycles. The van der Waals surface area contributed by atoms with Crippen molar-refractivity contribution in [1.29, 1.82) is 0 Å². The molecule has 0 aromatic rings. The Bertz CT molecular complexity index is 192. The Morgan fingerprint density at radius 1 is 1.06 bits per heavy atom. The second-order valence-corrected chi connectivity index (χ2v) is 3.86. The van der Waals surface area contributed by atoms with Crippen molar-refractivity contribution < 1.29 is 18.9 Å². The van der Waals surface area contributed by atoms with Crippen molar-refractivity contribution in [1.82, 2.24) is 0 Å². The molecule has 5 nitrogen and oxygen atoms in total. The summed E-state index contributed by atoms with van der Waals surface area (Å²) < 4.78 is 20.8. The van der Waals surface area contributed by atoms with Gasteiger partial charge in [0.1, 0.15) is 11.1 Å². The summed E-state index contributed by atoms with van der Waals surface area (Å²) in [4.78, 5) is 0.399. The molecule has 0 fully saturated rings. The molecular formula is C11H23NO4S. The zero-order chi connectivity index (χ0) is 12.9. The summed E-state index contributed by atoms with van der Waals surface area (Å²) in [6.45, 7) is 5.31. The first kappa shape index (κ1) is 16.7. The summed E-state index contributed by atoms with van der Waals surface area (Å²) in [5.74, 6) is 0. The normalized spacial score (nSPS) is 12.6. The Morgan fingerprint density at radius 2 is 1.59 bits per heavy atom. The van der Waals surface area contributed by atoms with Crippen LogP contribution in [0.5, 0.6) is 0 Å². The molecule has 0 rings (SSSR count). The number of hydrogen-bond donors (Lipinski definition) is 1. The van der Waals surface area contributed by atoms with Gasteiger partial charge in [-0.25, -0.2) is 0 Å². The van der Waals surface area contributed by atoms with Gasteiger partial charge in [0.2, 0.25) is 0 Å². The molecule has 0 radical (unpaired) electrons. The minimum Gasteiger partial charge on any atom is -0.391 e. The average molecular weight is 265 g/mol. The molecule has 17 heavy (non-hydrogen) atoms. The fraction of sp³-hybridized carbons (Fsp3) is 0.909. The van der Waals surface area contributed by atoms with Gasteiger partial charge in [0.15, 0.2) is 0 Å². The van der Waals surface area contributed by atoms with Crippen molar-refractivity contribution in [2.75, 3.05) is 46.8 Å². The third-order valence-corrected chi connectivity index (χ3v) is 2.30. The minimum atomic E-state index is -0.147. The molecule has 6 heteroatoms. The van der Waals surface area contributed by atoms with Crippen LogP contribution in [0, 0.1) is 0 Å². The molecule has 0 spiro atoms. The van der Waals surface area contributed by atoms with E-state index >= 15 is 0 Å². The SMILES string of the molecule is CCC(OCCOCCOCCOC)C(N)=S. The van der Waals surface area contributed by atoms with Gasteiger partial charge in [0, 0.05) is 7.11 Å². The van der Waals surface area contributed by atoms with Crippen LogP contribution in [0.25, 0.3) is 0 Å². The van der Waals surface area contributed by atoms with Crippen LogP contribution >= 0.6 is 12.2 Å². The van der Waals surface area contributed by atoms with Crippen LogP contribution in [0.15, 0.2) is 0 Å². The van der Waals surface area contributed by atoms with Gasteiger partial charge in [-0.05, 0) is 6.42 Å². The molecule has 0 amide bonds. The van der Waals surface area contributed by atoms with Crippen molar-refractivity contribution in [3.8, 4) is 0 Å². The van der Waals surface area contributed by atoms with Crippen molar-refractivity contribution >= 4 is 17.2 Å². The molecule has 0 heterocycles. The summed E-state index contributed by atoms with van der Waals surface area (Å²) >= 11 is 4.86. The zero-order valence-corrected chi connectivity index (χ0v) is 11.5. The highest BCUT2D eigenvalue weighted by molar-refractivity contribution is 7.80. The quantitative estimate of drug-likeness (QED) is 0.415. The van der Waals surface area contributed by atoms with Crippen LogP contribution in [0.3, 0.4) is 0 Å².